The Morgan fingerprint density at radius 3 is 2.76 bits per heavy atom. The van der Waals surface area contributed by atoms with Gasteiger partial charge in [0.2, 0.25) is 5.82 Å². The van der Waals surface area contributed by atoms with Crippen LogP contribution in [0.15, 0.2) is 34.9 Å². The smallest absolute Gasteiger partial charge is 0.450 e. The van der Waals surface area contributed by atoms with Crippen molar-refractivity contribution < 1.29 is 23.6 Å². The molecule has 3 aromatic rings. The van der Waals surface area contributed by atoms with Crippen LogP contribution in [-0.4, -0.2) is 50.5 Å². The molecule has 1 N–H and O–H groups in total. The number of unbranched alkanes of at least 4 members (excludes halogenated alkanes) is 1. The topological polar surface area (TPSA) is 102 Å². The average Bonchev–Trinajstić information content (AvgIpc) is 3.26. The van der Waals surface area contributed by atoms with Crippen molar-refractivity contribution in [3.05, 3.63) is 53.1 Å². The standard InChI is InChI=1S/C24H27FN4O4/c1-3-5-6-15-7-8-16(11-20(15)25)23-27-22(28-33-23)19-10-9-17(26-21(19)4-2)12-29-13-18(14-29)32-24(30)31/h7-11,18H,3-6,12-14H2,1-2H3,(H,30,31). The number of hydrogen-bond acceptors (Lipinski definition) is 7. The second kappa shape index (κ2) is 10.1. The van der Waals surface area contributed by atoms with E-state index in [4.69, 9.17) is 19.4 Å². The van der Waals surface area contributed by atoms with E-state index >= 15 is 0 Å². The van der Waals surface area contributed by atoms with Gasteiger partial charge in [-0.25, -0.2) is 9.18 Å². The molecule has 1 aliphatic rings. The van der Waals surface area contributed by atoms with Crippen LogP contribution >= 0.6 is 0 Å². The van der Waals surface area contributed by atoms with Gasteiger partial charge in [-0.1, -0.05) is 31.5 Å². The van der Waals surface area contributed by atoms with Crippen molar-refractivity contribution in [3.8, 4) is 22.8 Å². The van der Waals surface area contributed by atoms with Gasteiger partial charge in [0.25, 0.3) is 5.89 Å². The van der Waals surface area contributed by atoms with Crippen LogP contribution in [0.4, 0.5) is 9.18 Å². The lowest BCUT2D eigenvalue weighted by molar-refractivity contribution is -0.0367. The SMILES string of the molecule is CCCCc1ccc(-c2nc(-c3ccc(CN4CC(OC(=O)O)C4)nc3CC)no2)cc1F. The van der Waals surface area contributed by atoms with Crippen molar-refractivity contribution in [3.63, 3.8) is 0 Å². The summed E-state index contributed by atoms with van der Waals surface area (Å²) in [6, 6.07) is 8.84. The number of carboxylic acid groups (broad SMARTS) is 1. The normalized spacial score (nSPS) is 14.3. The summed E-state index contributed by atoms with van der Waals surface area (Å²) in [4.78, 5) is 21.9. The first-order valence-electron chi connectivity index (χ1n) is 11.2. The van der Waals surface area contributed by atoms with Crippen LogP contribution in [0, 0.1) is 5.82 Å². The second-order valence-electron chi connectivity index (χ2n) is 8.18. The molecule has 174 valence electrons. The summed E-state index contributed by atoms with van der Waals surface area (Å²) in [6.45, 7) is 5.80. The molecule has 0 saturated carbocycles. The average molecular weight is 455 g/mol. The van der Waals surface area contributed by atoms with E-state index in [0.717, 1.165) is 29.8 Å². The van der Waals surface area contributed by atoms with Crippen molar-refractivity contribution in [2.24, 2.45) is 0 Å². The lowest BCUT2D eigenvalue weighted by Gasteiger charge is -2.37. The highest BCUT2D eigenvalue weighted by Gasteiger charge is 2.30. The van der Waals surface area contributed by atoms with Gasteiger partial charge in [0.05, 0.1) is 11.4 Å². The van der Waals surface area contributed by atoms with Crippen molar-refractivity contribution in [2.45, 2.75) is 52.2 Å². The zero-order chi connectivity index (χ0) is 23.4. The number of rotatable bonds is 9. The van der Waals surface area contributed by atoms with Crippen LogP contribution in [0.2, 0.25) is 0 Å². The molecule has 9 heteroatoms. The first-order valence-corrected chi connectivity index (χ1v) is 11.2. The van der Waals surface area contributed by atoms with E-state index in [0.29, 0.717) is 49.4 Å². The van der Waals surface area contributed by atoms with Gasteiger partial charge in [0, 0.05) is 30.8 Å². The van der Waals surface area contributed by atoms with Crippen LogP contribution in [0.5, 0.6) is 0 Å². The lowest BCUT2D eigenvalue weighted by Crippen LogP contribution is -2.52. The molecule has 0 radical (unpaired) electrons. The molecule has 0 aliphatic carbocycles. The maximum atomic E-state index is 14.4. The Morgan fingerprint density at radius 1 is 1.24 bits per heavy atom. The third-order valence-electron chi connectivity index (χ3n) is 5.71. The molecule has 3 heterocycles. The number of likely N-dealkylation sites (tertiary alicyclic amines) is 1. The molecule has 1 saturated heterocycles. The van der Waals surface area contributed by atoms with Gasteiger partial charge >= 0.3 is 6.16 Å². The van der Waals surface area contributed by atoms with E-state index in [1.807, 2.05) is 25.1 Å². The first kappa shape index (κ1) is 22.8. The minimum atomic E-state index is -1.25. The molecule has 0 atom stereocenters. The summed E-state index contributed by atoms with van der Waals surface area (Å²) in [5, 5.41) is 12.8. The third-order valence-corrected chi connectivity index (χ3v) is 5.71. The molecule has 1 aromatic carbocycles. The summed E-state index contributed by atoms with van der Waals surface area (Å²) < 4.78 is 24.6. The fraction of sp³-hybridized carbons (Fsp3) is 0.417. The number of aryl methyl sites for hydroxylation is 2. The zero-order valence-electron chi connectivity index (χ0n) is 18.8. The van der Waals surface area contributed by atoms with Gasteiger partial charge in [-0.3, -0.25) is 9.88 Å². The van der Waals surface area contributed by atoms with Crippen molar-refractivity contribution >= 4 is 6.16 Å². The summed E-state index contributed by atoms with van der Waals surface area (Å²) >= 11 is 0. The molecular formula is C24H27FN4O4. The highest BCUT2D eigenvalue weighted by molar-refractivity contribution is 5.62. The number of aromatic nitrogens is 3. The molecule has 0 amide bonds. The van der Waals surface area contributed by atoms with Crippen molar-refractivity contribution in [1.29, 1.82) is 0 Å². The van der Waals surface area contributed by atoms with Crippen LogP contribution in [0.3, 0.4) is 0 Å². The van der Waals surface area contributed by atoms with Crippen LogP contribution in [0.25, 0.3) is 22.8 Å². The molecule has 8 nitrogen and oxygen atoms in total. The zero-order valence-corrected chi connectivity index (χ0v) is 18.8. The van der Waals surface area contributed by atoms with Gasteiger partial charge in [-0.15, -0.1) is 0 Å². The number of hydrogen-bond donors (Lipinski definition) is 1. The minimum Gasteiger partial charge on any atom is -0.450 e. The highest BCUT2D eigenvalue weighted by Crippen LogP contribution is 2.27. The predicted octanol–water partition coefficient (Wildman–Crippen LogP) is 4.72. The Kier molecular flexibility index (Phi) is 6.98. The van der Waals surface area contributed by atoms with Crippen molar-refractivity contribution in [2.75, 3.05) is 13.1 Å². The maximum absolute atomic E-state index is 14.4. The Morgan fingerprint density at radius 2 is 2.06 bits per heavy atom. The molecular weight excluding hydrogens is 427 g/mol. The van der Waals surface area contributed by atoms with Gasteiger partial charge in [0.1, 0.15) is 11.9 Å². The molecule has 2 aromatic heterocycles. The lowest BCUT2D eigenvalue weighted by atomic mass is 10.1. The van der Waals surface area contributed by atoms with E-state index in [-0.39, 0.29) is 17.8 Å². The first-order chi connectivity index (χ1) is 16.0. The van der Waals surface area contributed by atoms with Crippen LogP contribution in [0.1, 0.15) is 43.6 Å². The summed E-state index contributed by atoms with van der Waals surface area (Å²) in [6.07, 6.45) is 1.82. The van der Waals surface area contributed by atoms with E-state index < -0.39 is 6.16 Å². The fourth-order valence-electron chi connectivity index (χ4n) is 3.91. The number of nitrogens with zero attached hydrogens (tertiary/aromatic N) is 4. The monoisotopic (exact) mass is 454 g/mol. The molecule has 4 rings (SSSR count). The number of carbonyl (C=O) groups is 1. The summed E-state index contributed by atoms with van der Waals surface area (Å²) in [5.41, 5.74) is 3.71. The van der Waals surface area contributed by atoms with Gasteiger partial charge in [-0.2, -0.15) is 4.98 Å². The molecule has 0 bridgehead atoms. The largest absolute Gasteiger partial charge is 0.506 e. The Hall–Kier alpha value is -3.33. The van der Waals surface area contributed by atoms with Gasteiger partial charge in [-0.05, 0) is 49.1 Å². The van der Waals surface area contributed by atoms with Crippen molar-refractivity contribution in [1.82, 2.24) is 20.0 Å². The minimum absolute atomic E-state index is 0.261. The van der Waals surface area contributed by atoms with Gasteiger partial charge in [0.15, 0.2) is 0 Å². The van der Waals surface area contributed by atoms with E-state index in [1.165, 1.54) is 6.07 Å². The number of ether oxygens (including phenoxy) is 1. The Balaban J connectivity index is 1.46. The van der Waals surface area contributed by atoms with E-state index in [9.17, 15) is 9.18 Å². The second-order valence-corrected chi connectivity index (χ2v) is 8.18. The van der Waals surface area contributed by atoms with Crippen LogP contribution in [-0.2, 0) is 24.1 Å². The van der Waals surface area contributed by atoms with E-state index in [1.54, 1.807) is 6.07 Å². The summed E-state index contributed by atoms with van der Waals surface area (Å²) in [5.74, 6) is 0.417. The number of halogens is 1. The molecule has 1 fully saturated rings. The fourth-order valence-corrected chi connectivity index (χ4v) is 3.91. The van der Waals surface area contributed by atoms with E-state index in [2.05, 4.69) is 22.0 Å². The van der Waals surface area contributed by atoms with Crippen LogP contribution < -0.4 is 0 Å². The number of pyridine rings is 1. The number of benzene rings is 1. The third kappa shape index (κ3) is 5.36. The molecule has 0 spiro atoms. The van der Waals surface area contributed by atoms with Gasteiger partial charge < -0.3 is 14.4 Å². The summed E-state index contributed by atoms with van der Waals surface area (Å²) in [7, 11) is 0. The quantitative estimate of drug-likeness (QED) is 0.464. The Bertz CT molecular complexity index is 1130. The molecule has 1 aliphatic heterocycles. The highest BCUT2D eigenvalue weighted by atomic mass is 19.1. The maximum Gasteiger partial charge on any atom is 0.506 e. The predicted molar refractivity (Wildman–Crippen MR) is 119 cm³/mol. The molecule has 33 heavy (non-hydrogen) atoms. The molecule has 0 unspecified atom stereocenters. The Labute approximate surface area is 191 Å².